The largest absolute Gasteiger partial charge is 0.494 e. The summed E-state index contributed by atoms with van der Waals surface area (Å²) in [6.07, 6.45) is 1.77. The molecule has 0 bridgehead atoms. The van der Waals surface area contributed by atoms with E-state index in [1.807, 2.05) is 44.2 Å². The summed E-state index contributed by atoms with van der Waals surface area (Å²) >= 11 is 0. The van der Waals surface area contributed by atoms with Gasteiger partial charge in [-0.05, 0) is 32.0 Å². The Morgan fingerprint density at radius 2 is 2.17 bits per heavy atom. The highest BCUT2D eigenvalue weighted by Crippen LogP contribution is 2.17. The maximum atomic E-state index is 5.45. The summed E-state index contributed by atoms with van der Waals surface area (Å²) in [5.74, 6) is 1.67. The third-order valence-electron chi connectivity index (χ3n) is 2.45. The zero-order valence-corrected chi connectivity index (χ0v) is 10.7. The smallest absolute Gasteiger partial charge is 0.125 e. The number of benzene rings is 1. The highest BCUT2D eigenvalue weighted by Gasteiger charge is 1.98. The Kier molecular flexibility index (Phi) is 4.12. The van der Waals surface area contributed by atoms with Gasteiger partial charge >= 0.3 is 0 Å². The average Bonchev–Trinajstić information content (AvgIpc) is 2.37. The summed E-state index contributed by atoms with van der Waals surface area (Å²) in [5, 5.41) is 3.32. The van der Waals surface area contributed by atoms with Gasteiger partial charge in [0, 0.05) is 18.0 Å². The minimum absolute atomic E-state index is 0.675. The van der Waals surface area contributed by atoms with Gasteiger partial charge in [0.1, 0.15) is 11.6 Å². The summed E-state index contributed by atoms with van der Waals surface area (Å²) in [4.78, 5) is 8.42. The standard InChI is InChI=1S/C14H17N3O/c1-3-18-14-6-4-5-12(9-14)16-10-13-7-8-15-11(2)17-13/h4-9,16H,3,10H2,1-2H3. The number of nitrogens with zero attached hydrogens (tertiary/aromatic N) is 2. The van der Waals surface area contributed by atoms with Crippen LogP contribution in [0.1, 0.15) is 18.4 Å². The second-order valence-corrected chi connectivity index (χ2v) is 3.91. The van der Waals surface area contributed by atoms with E-state index < -0.39 is 0 Å². The molecule has 0 unspecified atom stereocenters. The van der Waals surface area contributed by atoms with Crippen molar-refractivity contribution in [2.45, 2.75) is 20.4 Å². The van der Waals surface area contributed by atoms with Gasteiger partial charge in [0.25, 0.3) is 0 Å². The van der Waals surface area contributed by atoms with E-state index in [4.69, 9.17) is 4.74 Å². The molecule has 1 aromatic heterocycles. The van der Waals surface area contributed by atoms with Crippen molar-refractivity contribution in [3.63, 3.8) is 0 Å². The minimum atomic E-state index is 0.675. The Labute approximate surface area is 107 Å². The van der Waals surface area contributed by atoms with Gasteiger partial charge in [0.15, 0.2) is 0 Å². The van der Waals surface area contributed by atoms with Gasteiger partial charge in [0.05, 0.1) is 18.8 Å². The molecule has 1 N–H and O–H groups in total. The lowest BCUT2D eigenvalue weighted by molar-refractivity contribution is 0.340. The lowest BCUT2D eigenvalue weighted by Gasteiger charge is -2.08. The monoisotopic (exact) mass is 243 g/mol. The average molecular weight is 243 g/mol. The molecule has 4 heteroatoms. The van der Waals surface area contributed by atoms with Crippen molar-refractivity contribution in [1.82, 2.24) is 9.97 Å². The highest BCUT2D eigenvalue weighted by atomic mass is 16.5. The molecule has 0 radical (unpaired) electrons. The number of rotatable bonds is 5. The van der Waals surface area contributed by atoms with Gasteiger partial charge in [0.2, 0.25) is 0 Å². The van der Waals surface area contributed by atoms with Crippen LogP contribution in [0.5, 0.6) is 5.75 Å². The molecule has 0 fully saturated rings. The van der Waals surface area contributed by atoms with E-state index in [9.17, 15) is 0 Å². The predicted octanol–water partition coefficient (Wildman–Crippen LogP) is 2.80. The maximum Gasteiger partial charge on any atom is 0.125 e. The molecule has 1 heterocycles. The Morgan fingerprint density at radius 1 is 1.28 bits per heavy atom. The molecule has 1 aromatic carbocycles. The van der Waals surface area contributed by atoms with E-state index in [1.165, 1.54) is 0 Å². The van der Waals surface area contributed by atoms with E-state index in [0.29, 0.717) is 13.2 Å². The van der Waals surface area contributed by atoms with E-state index in [0.717, 1.165) is 23.0 Å². The van der Waals surface area contributed by atoms with Crippen LogP contribution in [-0.4, -0.2) is 16.6 Å². The van der Waals surface area contributed by atoms with E-state index in [2.05, 4.69) is 15.3 Å². The zero-order valence-electron chi connectivity index (χ0n) is 10.7. The molecular weight excluding hydrogens is 226 g/mol. The molecule has 0 aliphatic rings. The van der Waals surface area contributed by atoms with Crippen molar-refractivity contribution in [2.24, 2.45) is 0 Å². The molecule has 94 valence electrons. The topological polar surface area (TPSA) is 47.0 Å². The highest BCUT2D eigenvalue weighted by molar-refractivity contribution is 5.48. The number of nitrogens with one attached hydrogen (secondary N) is 1. The Bertz CT molecular complexity index is 514. The second kappa shape index (κ2) is 6.00. The third kappa shape index (κ3) is 3.45. The number of hydrogen-bond acceptors (Lipinski definition) is 4. The third-order valence-corrected chi connectivity index (χ3v) is 2.45. The van der Waals surface area contributed by atoms with E-state index in [1.54, 1.807) is 6.20 Å². The summed E-state index contributed by atoms with van der Waals surface area (Å²) in [5.41, 5.74) is 2.00. The van der Waals surface area contributed by atoms with Gasteiger partial charge in [-0.25, -0.2) is 9.97 Å². The first-order valence-electron chi connectivity index (χ1n) is 6.03. The minimum Gasteiger partial charge on any atom is -0.494 e. The fourth-order valence-corrected chi connectivity index (χ4v) is 1.66. The Morgan fingerprint density at radius 3 is 2.94 bits per heavy atom. The lowest BCUT2D eigenvalue weighted by Crippen LogP contribution is -2.03. The van der Waals surface area contributed by atoms with Crippen molar-refractivity contribution >= 4 is 5.69 Å². The molecule has 0 aliphatic carbocycles. The van der Waals surface area contributed by atoms with Crippen LogP contribution >= 0.6 is 0 Å². The van der Waals surface area contributed by atoms with Crippen LogP contribution in [0.4, 0.5) is 5.69 Å². The molecule has 0 saturated heterocycles. The van der Waals surface area contributed by atoms with Crippen LogP contribution in [0.25, 0.3) is 0 Å². The van der Waals surface area contributed by atoms with Crippen LogP contribution in [0, 0.1) is 6.92 Å². The fraction of sp³-hybridized carbons (Fsp3) is 0.286. The zero-order chi connectivity index (χ0) is 12.8. The summed E-state index contributed by atoms with van der Waals surface area (Å²) in [7, 11) is 0. The number of ether oxygens (including phenoxy) is 1. The molecule has 0 spiro atoms. The van der Waals surface area contributed by atoms with Crippen LogP contribution < -0.4 is 10.1 Å². The Hall–Kier alpha value is -2.10. The van der Waals surface area contributed by atoms with Gasteiger partial charge < -0.3 is 10.1 Å². The van der Waals surface area contributed by atoms with E-state index in [-0.39, 0.29) is 0 Å². The molecule has 0 amide bonds. The van der Waals surface area contributed by atoms with Crippen molar-refractivity contribution in [3.8, 4) is 5.75 Å². The number of hydrogen-bond donors (Lipinski definition) is 1. The molecule has 0 atom stereocenters. The number of aromatic nitrogens is 2. The van der Waals surface area contributed by atoms with Crippen LogP contribution in [0.3, 0.4) is 0 Å². The van der Waals surface area contributed by atoms with Crippen LogP contribution in [0.2, 0.25) is 0 Å². The van der Waals surface area contributed by atoms with Crippen molar-refractivity contribution in [2.75, 3.05) is 11.9 Å². The van der Waals surface area contributed by atoms with Gasteiger partial charge in [-0.2, -0.15) is 0 Å². The number of aryl methyl sites for hydroxylation is 1. The molecular formula is C14H17N3O. The van der Waals surface area contributed by atoms with Crippen molar-refractivity contribution in [3.05, 3.63) is 48.0 Å². The quantitative estimate of drug-likeness (QED) is 0.877. The summed E-state index contributed by atoms with van der Waals surface area (Å²) in [6.45, 7) is 5.22. The lowest BCUT2D eigenvalue weighted by atomic mass is 10.3. The predicted molar refractivity (Wildman–Crippen MR) is 71.7 cm³/mol. The van der Waals surface area contributed by atoms with E-state index >= 15 is 0 Å². The SMILES string of the molecule is CCOc1cccc(NCc2ccnc(C)n2)c1. The normalized spacial score (nSPS) is 10.1. The first-order valence-corrected chi connectivity index (χ1v) is 6.03. The molecule has 2 aromatic rings. The maximum absolute atomic E-state index is 5.45. The first kappa shape index (κ1) is 12.4. The number of anilines is 1. The fourth-order valence-electron chi connectivity index (χ4n) is 1.66. The van der Waals surface area contributed by atoms with Gasteiger partial charge in [-0.15, -0.1) is 0 Å². The Balaban J connectivity index is 1.99. The summed E-state index contributed by atoms with van der Waals surface area (Å²) in [6, 6.07) is 9.82. The van der Waals surface area contributed by atoms with Crippen LogP contribution in [-0.2, 0) is 6.54 Å². The first-order chi connectivity index (χ1) is 8.78. The van der Waals surface area contributed by atoms with Crippen LogP contribution in [0.15, 0.2) is 36.5 Å². The molecule has 4 nitrogen and oxygen atoms in total. The molecule has 0 aliphatic heterocycles. The summed E-state index contributed by atoms with van der Waals surface area (Å²) < 4.78 is 5.45. The molecule has 2 rings (SSSR count). The van der Waals surface area contributed by atoms with Crippen molar-refractivity contribution in [1.29, 1.82) is 0 Å². The molecule has 18 heavy (non-hydrogen) atoms. The van der Waals surface area contributed by atoms with Gasteiger partial charge in [-0.1, -0.05) is 6.07 Å². The van der Waals surface area contributed by atoms with Crippen molar-refractivity contribution < 1.29 is 4.74 Å². The second-order valence-electron chi connectivity index (χ2n) is 3.91. The molecule has 0 saturated carbocycles. The van der Waals surface area contributed by atoms with Gasteiger partial charge in [-0.3, -0.25) is 0 Å².